The maximum atomic E-state index is 12.4. The van der Waals surface area contributed by atoms with Gasteiger partial charge >= 0.3 is 5.97 Å². The van der Waals surface area contributed by atoms with Crippen LogP contribution in [-0.2, 0) is 4.79 Å². The molecule has 5 heteroatoms. The molecule has 1 aromatic heterocycles. The van der Waals surface area contributed by atoms with Crippen molar-refractivity contribution in [2.24, 2.45) is 0 Å². The Bertz CT molecular complexity index is 702. The summed E-state index contributed by atoms with van der Waals surface area (Å²) in [4.78, 5) is 23.5. The molecular weight excluding hydrogens is 282 g/mol. The maximum absolute atomic E-state index is 12.4. The molecule has 0 saturated carbocycles. The van der Waals surface area contributed by atoms with Gasteiger partial charge in [0.05, 0.1) is 12.5 Å². The molecule has 0 aliphatic rings. The van der Waals surface area contributed by atoms with Crippen molar-refractivity contribution in [3.63, 3.8) is 0 Å². The summed E-state index contributed by atoms with van der Waals surface area (Å²) < 4.78 is 5.39. The lowest BCUT2D eigenvalue weighted by Gasteiger charge is -2.19. The highest BCUT2D eigenvalue weighted by Crippen LogP contribution is 2.22. The van der Waals surface area contributed by atoms with E-state index in [1.54, 1.807) is 19.9 Å². The first kappa shape index (κ1) is 15.8. The zero-order valence-electron chi connectivity index (χ0n) is 12.8. The smallest absolute Gasteiger partial charge is 0.305 e. The van der Waals surface area contributed by atoms with Gasteiger partial charge in [-0.2, -0.15) is 0 Å². The molecule has 0 bridgehead atoms. The van der Waals surface area contributed by atoms with E-state index in [0.717, 1.165) is 16.7 Å². The highest BCUT2D eigenvalue weighted by Gasteiger charge is 2.23. The minimum absolute atomic E-state index is 0.185. The fourth-order valence-electron chi connectivity index (χ4n) is 2.48. The number of hydrogen-bond donors (Lipinski definition) is 2. The Kier molecular flexibility index (Phi) is 4.65. The van der Waals surface area contributed by atoms with Crippen LogP contribution in [0.5, 0.6) is 0 Å². The van der Waals surface area contributed by atoms with Gasteiger partial charge in [0.1, 0.15) is 5.76 Å². The standard InChI is InChI=1S/C17H19NO4/c1-10-6-4-5-7-13(10)14(9-15(19)20)18-17(21)16-11(2)8-12(3)22-16/h4-8,14H,9H2,1-3H3,(H,18,21)(H,19,20)/t14-/m0/s1. The molecule has 2 N–H and O–H groups in total. The summed E-state index contributed by atoms with van der Waals surface area (Å²) in [6.07, 6.45) is -0.185. The van der Waals surface area contributed by atoms with E-state index >= 15 is 0 Å². The Labute approximate surface area is 129 Å². The molecule has 1 aromatic carbocycles. The van der Waals surface area contributed by atoms with Crippen molar-refractivity contribution in [1.82, 2.24) is 5.32 Å². The quantitative estimate of drug-likeness (QED) is 0.889. The molecule has 1 heterocycles. The molecule has 0 aliphatic heterocycles. The van der Waals surface area contributed by atoms with E-state index < -0.39 is 17.9 Å². The second-order valence-electron chi connectivity index (χ2n) is 5.35. The minimum Gasteiger partial charge on any atom is -0.481 e. The lowest BCUT2D eigenvalue weighted by atomic mass is 9.98. The second kappa shape index (κ2) is 6.47. The average Bonchev–Trinajstić information content (AvgIpc) is 2.77. The van der Waals surface area contributed by atoms with E-state index in [0.29, 0.717) is 5.76 Å². The van der Waals surface area contributed by atoms with E-state index in [4.69, 9.17) is 9.52 Å². The van der Waals surface area contributed by atoms with Crippen LogP contribution in [0.1, 0.15) is 45.5 Å². The fourth-order valence-corrected chi connectivity index (χ4v) is 2.48. The van der Waals surface area contributed by atoms with Crippen molar-refractivity contribution in [2.75, 3.05) is 0 Å². The van der Waals surface area contributed by atoms with Crippen LogP contribution in [0.2, 0.25) is 0 Å². The molecule has 0 radical (unpaired) electrons. The molecule has 0 spiro atoms. The van der Waals surface area contributed by atoms with Gasteiger partial charge in [0.25, 0.3) is 5.91 Å². The van der Waals surface area contributed by atoms with E-state index in [1.165, 1.54) is 0 Å². The Hall–Kier alpha value is -2.56. The molecule has 0 fully saturated rings. The molecule has 1 atom stereocenters. The average molecular weight is 301 g/mol. The van der Waals surface area contributed by atoms with Gasteiger partial charge in [0, 0.05) is 5.56 Å². The van der Waals surface area contributed by atoms with Gasteiger partial charge in [-0.15, -0.1) is 0 Å². The van der Waals surface area contributed by atoms with Crippen molar-refractivity contribution in [1.29, 1.82) is 0 Å². The predicted octanol–water partition coefficient (Wildman–Crippen LogP) is 3.15. The van der Waals surface area contributed by atoms with Gasteiger partial charge < -0.3 is 14.8 Å². The zero-order chi connectivity index (χ0) is 16.3. The first-order valence-corrected chi connectivity index (χ1v) is 7.03. The number of carboxylic acids is 1. The van der Waals surface area contributed by atoms with Crippen LogP contribution < -0.4 is 5.32 Å². The molecule has 22 heavy (non-hydrogen) atoms. The molecular formula is C17H19NO4. The monoisotopic (exact) mass is 301 g/mol. The summed E-state index contributed by atoms with van der Waals surface area (Å²) >= 11 is 0. The van der Waals surface area contributed by atoms with Gasteiger partial charge in [0.15, 0.2) is 5.76 Å². The molecule has 0 unspecified atom stereocenters. The topological polar surface area (TPSA) is 79.5 Å². The van der Waals surface area contributed by atoms with Gasteiger partial charge in [-0.1, -0.05) is 24.3 Å². The number of carbonyl (C=O) groups excluding carboxylic acids is 1. The van der Waals surface area contributed by atoms with Crippen LogP contribution in [0.15, 0.2) is 34.7 Å². The van der Waals surface area contributed by atoms with Crippen molar-refractivity contribution in [2.45, 2.75) is 33.2 Å². The first-order chi connectivity index (χ1) is 10.4. The van der Waals surface area contributed by atoms with Gasteiger partial charge in [-0.3, -0.25) is 9.59 Å². The summed E-state index contributed by atoms with van der Waals surface area (Å²) in [6, 6.07) is 8.58. The van der Waals surface area contributed by atoms with E-state index in [2.05, 4.69) is 5.32 Å². The maximum Gasteiger partial charge on any atom is 0.305 e. The Morgan fingerprint density at radius 3 is 2.41 bits per heavy atom. The molecule has 0 aliphatic carbocycles. The van der Waals surface area contributed by atoms with E-state index in [9.17, 15) is 9.59 Å². The van der Waals surface area contributed by atoms with Crippen molar-refractivity contribution >= 4 is 11.9 Å². The molecule has 5 nitrogen and oxygen atoms in total. The number of nitrogens with one attached hydrogen (secondary N) is 1. The largest absolute Gasteiger partial charge is 0.481 e. The number of furan rings is 1. The lowest BCUT2D eigenvalue weighted by Crippen LogP contribution is -2.30. The minimum atomic E-state index is -0.971. The molecule has 0 saturated heterocycles. The number of carboxylic acid groups (broad SMARTS) is 1. The fraction of sp³-hybridized carbons (Fsp3) is 0.294. The van der Waals surface area contributed by atoms with Crippen LogP contribution in [-0.4, -0.2) is 17.0 Å². The number of benzene rings is 1. The summed E-state index contributed by atoms with van der Waals surface area (Å²) in [6.45, 7) is 5.43. The number of aryl methyl sites for hydroxylation is 3. The zero-order valence-corrected chi connectivity index (χ0v) is 12.8. The Morgan fingerprint density at radius 1 is 1.18 bits per heavy atom. The Morgan fingerprint density at radius 2 is 1.86 bits per heavy atom. The molecule has 116 valence electrons. The first-order valence-electron chi connectivity index (χ1n) is 7.03. The third-order valence-corrected chi connectivity index (χ3v) is 3.50. The third kappa shape index (κ3) is 3.55. The van der Waals surface area contributed by atoms with Gasteiger partial charge in [0.2, 0.25) is 0 Å². The molecule has 2 rings (SSSR count). The number of aliphatic carboxylic acids is 1. The Balaban J connectivity index is 2.27. The highest BCUT2D eigenvalue weighted by atomic mass is 16.4. The van der Waals surface area contributed by atoms with Gasteiger partial charge in [-0.25, -0.2) is 0 Å². The van der Waals surface area contributed by atoms with Crippen molar-refractivity contribution in [3.8, 4) is 0 Å². The summed E-state index contributed by atoms with van der Waals surface area (Å²) in [5.41, 5.74) is 2.45. The van der Waals surface area contributed by atoms with Crippen LogP contribution in [0.4, 0.5) is 0 Å². The van der Waals surface area contributed by atoms with E-state index in [-0.39, 0.29) is 12.2 Å². The van der Waals surface area contributed by atoms with Crippen molar-refractivity contribution in [3.05, 3.63) is 58.5 Å². The van der Waals surface area contributed by atoms with Crippen LogP contribution in [0.3, 0.4) is 0 Å². The van der Waals surface area contributed by atoms with E-state index in [1.807, 2.05) is 31.2 Å². The normalized spacial score (nSPS) is 12.0. The molecule has 2 aromatic rings. The predicted molar refractivity (Wildman–Crippen MR) is 81.8 cm³/mol. The van der Waals surface area contributed by atoms with Gasteiger partial charge in [-0.05, 0) is 38.0 Å². The number of rotatable bonds is 5. The lowest BCUT2D eigenvalue weighted by molar-refractivity contribution is -0.137. The van der Waals surface area contributed by atoms with Crippen LogP contribution >= 0.6 is 0 Å². The highest BCUT2D eigenvalue weighted by molar-refractivity contribution is 5.93. The SMILES string of the molecule is Cc1cc(C)c(C(=O)N[C@@H](CC(=O)O)c2ccccc2C)o1. The van der Waals surface area contributed by atoms with Crippen molar-refractivity contribution < 1.29 is 19.1 Å². The number of hydrogen-bond acceptors (Lipinski definition) is 3. The number of amides is 1. The van der Waals surface area contributed by atoms with Crippen LogP contribution in [0.25, 0.3) is 0 Å². The second-order valence-corrected chi connectivity index (χ2v) is 5.35. The third-order valence-electron chi connectivity index (χ3n) is 3.50. The number of carbonyl (C=O) groups is 2. The summed E-state index contributed by atoms with van der Waals surface area (Å²) in [7, 11) is 0. The summed E-state index contributed by atoms with van der Waals surface area (Å²) in [5, 5.41) is 11.9. The van der Waals surface area contributed by atoms with Crippen LogP contribution in [0, 0.1) is 20.8 Å². The summed E-state index contributed by atoms with van der Waals surface area (Å²) in [5.74, 6) is -0.504. The molecule has 1 amide bonds.